The van der Waals surface area contributed by atoms with Crippen LogP contribution >= 0.6 is 12.4 Å². The Morgan fingerprint density at radius 1 is 1.43 bits per heavy atom. The molecule has 3 rings (SSSR count). The highest BCUT2D eigenvalue weighted by Gasteiger charge is 2.24. The summed E-state index contributed by atoms with van der Waals surface area (Å²) in [6.07, 6.45) is 1.92. The Kier molecular flexibility index (Phi) is 5.27. The number of halogens is 2. The number of nitrogens with one attached hydrogen (secondary N) is 1. The van der Waals surface area contributed by atoms with E-state index in [0.717, 1.165) is 37.4 Å². The number of aromatic nitrogens is 3. The van der Waals surface area contributed by atoms with Gasteiger partial charge in [-0.3, -0.25) is 9.58 Å². The fraction of sp³-hybridized carbons (Fsp3) is 0.429. The predicted octanol–water partition coefficient (Wildman–Crippen LogP) is 1.52. The number of piperazine rings is 1. The van der Waals surface area contributed by atoms with Gasteiger partial charge in [-0.25, -0.2) is 4.39 Å². The van der Waals surface area contributed by atoms with E-state index in [1.165, 1.54) is 6.07 Å². The summed E-state index contributed by atoms with van der Waals surface area (Å²) in [6.45, 7) is 3.41. The van der Waals surface area contributed by atoms with Gasteiger partial charge in [-0.05, 0) is 17.7 Å². The maximum atomic E-state index is 13.4. The van der Waals surface area contributed by atoms with Crippen molar-refractivity contribution >= 4 is 12.4 Å². The Balaban J connectivity index is 0.00000161. The van der Waals surface area contributed by atoms with Crippen molar-refractivity contribution in [3.63, 3.8) is 0 Å². The SMILES string of the molecule is Cl.Cn1cc(CN2CCNCC2c2cccc(F)c2)nn1. The van der Waals surface area contributed by atoms with Crippen LogP contribution in [0.3, 0.4) is 0 Å². The average molecular weight is 312 g/mol. The normalized spacial score (nSPS) is 19.2. The number of benzene rings is 1. The molecule has 2 heterocycles. The van der Waals surface area contributed by atoms with Crippen LogP contribution in [0.5, 0.6) is 0 Å². The third kappa shape index (κ3) is 3.78. The molecule has 1 aromatic heterocycles. The molecule has 2 aromatic rings. The average Bonchev–Trinajstić information content (AvgIpc) is 2.85. The lowest BCUT2D eigenvalue weighted by Gasteiger charge is -2.36. The van der Waals surface area contributed by atoms with Gasteiger partial charge in [0.25, 0.3) is 0 Å². The molecule has 0 amide bonds. The highest BCUT2D eigenvalue weighted by Crippen LogP contribution is 2.24. The molecule has 1 unspecified atom stereocenters. The molecule has 0 saturated carbocycles. The van der Waals surface area contributed by atoms with Gasteiger partial charge in [0.05, 0.1) is 5.69 Å². The summed E-state index contributed by atoms with van der Waals surface area (Å²) in [5.74, 6) is -0.187. The van der Waals surface area contributed by atoms with Gasteiger partial charge >= 0.3 is 0 Å². The lowest BCUT2D eigenvalue weighted by molar-refractivity contribution is 0.151. The number of rotatable bonds is 3. The first kappa shape index (κ1) is 15.9. The summed E-state index contributed by atoms with van der Waals surface area (Å²) in [6, 6.07) is 7.00. The van der Waals surface area contributed by atoms with E-state index < -0.39 is 0 Å². The fourth-order valence-corrected chi connectivity index (χ4v) is 2.65. The molecule has 0 aliphatic carbocycles. The largest absolute Gasteiger partial charge is 0.314 e. The van der Waals surface area contributed by atoms with Gasteiger partial charge in [0.1, 0.15) is 5.82 Å². The lowest BCUT2D eigenvalue weighted by atomic mass is 10.0. The molecule has 1 saturated heterocycles. The molecule has 1 fully saturated rings. The summed E-state index contributed by atoms with van der Waals surface area (Å²) in [7, 11) is 1.86. The van der Waals surface area contributed by atoms with Crippen LogP contribution in [0.1, 0.15) is 17.3 Å². The quantitative estimate of drug-likeness (QED) is 0.933. The van der Waals surface area contributed by atoms with Crippen LogP contribution in [0.2, 0.25) is 0 Å². The third-order valence-corrected chi connectivity index (χ3v) is 3.60. The molecule has 21 heavy (non-hydrogen) atoms. The van der Waals surface area contributed by atoms with Gasteiger partial charge in [0.15, 0.2) is 0 Å². The molecule has 1 aliphatic rings. The topological polar surface area (TPSA) is 46.0 Å². The summed E-state index contributed by atoms with van der Waals surface area (Å²) in [4.78, 5) is 2.31. The lowest BCUT2D eigenvalue weighted by Crippen LogP contribution is -2.45. The van der Waals surface area contributed by atoms with E-state index in [9.17, 15) is 4.39 Å². The van der Waals surface area contributed by atoms with E-state index in [1.54, 1.807) is 16.8 Å². The van der Waals surface area contributed by atoms with Gasteiger partial charge in [-0.2, -0.15) is 0 Å². The van der Waals surface area contributed by atoms with Gasteiger partial charge in [-0.1, -0.05) is 17.3 Å². The molecule has 7 heteroatoms. The Hall–Kier alpha value is -1.50. The molecular weight excluding hydrogens is 293 g/mol. The zero-order chi connectivity index (χ0) is 13.9. The van der Waals surface area contributed by atoms with Crippen molar-refractivity contribution in [1.82, 2.24) is 25.2 Å². The van der Waals surface area contributed by atoms with E-state index in [4.69, 9.17) is 0 Å². The second-order valence-corrected chi connectivity index (χ2v) is 5.13. The van der Waals surface area contributed by atoms with Crippen molar-refractivity contribution in [3.8, 4) is 0 Å². The minimum absolute atomic E-state index is 0. The summed E-state index contributed by atoms with van der Waals surface area (Å²) >= 11 is 0. The molecule has 1 aromatic carbocycles. The molecule has 0 bridgehead atoms. The second-order valence-electron chi connectivity index (χ2n) is 5.13. The molecular formula is C14H19ClFN5. The standard InChI is InChI=1S/C14H18FN5.ClH/c1-19-9-13(17-18-19)10-20-6-5-16-8-14(20)11-3-2-4-12(15)7-11;/h2-4,7,9,14,16H,5-6,8,10H2,1H3;1H. The number of aryl methyl sites for hydroxylation is 1. The molecule has 0 radical (unpaired) electrons. The van der Waals surface area contributed by atoms with Crippen molar-refractivity contribution in [1.29, 1.82) is 0 Å². The van der Waals surface area contributed by atoms with Crippen LogP contribution in [0.15, 0.2) is 30.5 Å². The Labute approximate surface area is 129 Å². The van der Waals surface area contributed by atoms with Crippen molar-refractivity contribution < 1.29 is 4.39 Å². The first-order valence-electron chi connectivity index (χ1n) is 6.78. The van der Waals surface area contributed by atoms with Crippen LogP contribution in [0.25, 0.3) is 0 Å². The third-order valence-electron chi connectivity index (χ3n) is 3.60. The Morgan fingerprint density at radius 3 is 3.00 bits per heavy atom. The Morgan fingerprint density at radius 2 is 2.29 bits per heavy atom. The van der Waals surface area contributed by atoms with E-state index in [2.05, 4.69) is 20.5 Å². The molecule has 1 atom stereocenters. The minimum atomic E-state index is -0.187. The second kappa shape index (κ2) is 6.98. The van der Waals surface area contributed by atoms with E-state index in [0.29, 0.717) is 0 Å². The van der Waals surface area contributed by atoms with Gasteiger partial charge < -0.3 is 5.32 Å². The predicted molar refractivity (Wildman–Crippen MR) is 80.7 cm³/mol. The summed E-state index contributed by atoms with van der Waals surface area (Å²) in [5.41, 5.74) is 1.94. The minimum Gasteiger partial charge on any atom is -0.314 e. The van der Waals surface area contributed by atoms with E-state index >= 15 is 0 Å². The first-order chi connectivity index (χ1) is 9.72. The maximum absolute atomic E-state index is 13.4. The number of nitrogens with zero attached hydrogens (tertiary/aromatic N) is 4. The van der Waals surface area contributed by atoms with Gasteiger partial charge in [0, 0.05) is 45.5 Å². The molecule has 1 N–H and O–H groups in total. The van der Waals surface area contributed by atoms with Crippen LogP contribution in [0, 0.1) is 5.82 Å². The molecule has 0 spiro atoms. The summed E-state index contributed by atoms with van der Waals surface area (Å²) < 4.78 is 15.1. The smallest absolute Gasteiger partial charge is 0.123 e. The zero-order valence-electron chi connectivity index (χ0n) is 11.9. The molecule has 5 nitrogen and oxygen atoms in total. The zero-order valence-corrected chi connectivity index (χ0v) is 12.7. The molecule has 114 valence electrons. The van der Waals surface area contributed by atoms with Crippen molar-refractivity contribution in [2.24, 2.45) is 7.05 Å². The first-order valence-corrected chi connectivity index (χ1v) is 6.78. The van der Waals surface area contributed by atoms with E-state index in [-0.39, 0.29) is 24.3 Å². The maximum Gasteiger partial charge on any atom is 0.123 e. The number of hydrogen-bond donors (Lipinski definition) is 1. The Bertz CT molecular complexity index is 588. The highest BCUT2D eigenvalue weighted by molar-refractivity contribution is 5.85. The van der Waals surface area contributed by atoms with Crippen molar-refractivity contribution in [3.05, 3.63) is 47.5 Å². The monoisotopic (exact) mass is 311 g/mol. The van der Waals surface area contributed by atoms with Crippen LogP contribution in [-0.4, -0.2) is 39.5 Å². The highest BCUT2D eigenvalue weighted by atomic mass is 35.5. The van der Waals surface area contributed by atoms with Gasteiger partial charge in [0.2, 0.25) is 0 Å². The van der Waals surface area contributed by atoms with Crippen molar-refractivity contribution in [2.75, 3.05) is 19.6 Å². The molecule has 1 aliphatic heterocycles. The summed E-state index contributed by atoms with van der Waals surface area (Å²) in [5, 5.41) is 11.5. The van der Waals surface area contributed by atoms with E-state index in [1.807, 2.05) is 19.3 Å². The number of hydrogen-bond acceptors (Lipinski definition) is 4. The van der Waals surface area contributed by atoms with Crippen LogP contribution in [-0.2, 0) is 13.6 Å². The van der Waals surface area contributed by atoms with Crippen molar-refractivity contribution in [2.45, 2.75) is 12.6 Å². The van der Waals surface area contributed by atoms with Gasteiger partial charge in [-0.15, -0.1) is 17.5 Å². The van der Waals surface area contributed by atoms with Crippen LogP contribution in [0.4, 0.5) is 4.39 Å². The fourth-order valence-electron chi connectivity index (χ4n) is 2.65. The van der Waals surface area contributed by atoms with Crippen LogP contribution < -0.4 is 5.32 Å².